The minimum Gasteiger partial charge on any atom is -0.481 e. The predicted molar refractivity (Wildman–Crippen MR) is 153 cm³/mol. The van der Waals surface area contributed by atoms with Crippen molar-refractivity contribution in [1.82, 2.24) is 15.1 Å². The number of rotatable bonds is 9. The highest BCUT2D eigenvalue weighted by Crippen LogP contribution is 2.44. The predicted octanol–water partition coefficient (Wildman–Crippen LogP) is 3.59. The van der Waals surface area contributed by atoms with Gasteiger partial charge in [-0.05, 0) is 34.9 Å². The number of likely N-dealkylation sites (N-methyl/N-ethyl adjacent to an activating group) is 1. The number of aliphatic carboxylic acids is 1. The van der Waals surface area contributed by atoms with Crippen LogP contribution >= 0.6 is 0 Å². The second kappa shape index (κ2) is 13.0. The zero-order valence-corrected chi connectivity index (χ0v) is 23.1. The van der Waals surface area contributed by atoms with Gasteiger partial charge in [0.1, 0.15) is 12.6 Å². The van der Waals surface area contributed by atoms with E-state index in [0.29, 0.717) is 6.54 Å². The smallest absolute Gasteiger partial charge is 0.407 e. The minimum atomic E-state index is -1.02. The highest BCUT2D eigenvalue weighted by atomic mass is 16.5. The second-order valence-electron chi connectivity index (χ2n) is 10.6. The van der Waals surface area contributed by atoms with Gasteiger partial charge in [0, 0.05) is 32.1 Å². The van der Waals surface area contributed by atoms with Crippen LogP contribution in [0.1, 0.15) is 22.6 Å². The van der Waals surface area contributed by atoms with Crippen LogP contribution in [0.3, 0.4) is 0 Å². The van der Waals surface area contributed by atoms with Gasteiger partial charge in [-0.3, -0.25) is 14.5 Å². The van der Waals surface area contributed by atoms with Gasteiger partial charge < -0.3 is 24.8 Å². The number of nitrogens with zero attached hydrogens (tertiary/aromatic N) is 2. The van der Waals surface area contributed by atoms with Gasteiger partial charge >= 0.3 is 12.1 Å². The molecule has 2 atom stereocenters. The lowest BCUT2D eigenvalue weighted by atomic mass is 9.98. The fourth-order valence-corrected chi connectivity index (χ4v) is 5.62. The summed E-state index contributed by atoms with van der Waals surface area (Å²) >= 11 is 0. The summed E-state index contributed by atoms with van der Waals surface area (Å²) in [7, 11) is 1.87. The Morgan fingerprint density at radius 1 is 1.00 bits per heavy atom. The highest BCUT2D eigenvalue weighted by molar-refractivity contribution is 5.86. The van der Waals surface area contributed by atoms with Gasteiger partial charge in [-0.25, -0.2) is 4.79 Å². The maximum atomic E-state index is 13.7. The van der Waals surface area contributed by atoms with E-state index in [1.165, 1.54) is 4.90 Å². The van der Waals surface area contributed by atoms with Gasteiger partial charge in [0.05, 0.1) is 19.1 Å². The molecule has 1 aliphatic carbocycles. The van der Waals surface area contributed by atoms with E-state index in [0.717, 1.165) is 27.8 Å². The van der Waals surface area contributed by atoms with Crippen molar-refractivity contribution in [3.05, 3.63) is 95.6 Å². The molecule has 2 N–H and O–H groups in total. The molecule has 1 saturated heterocycles. The molecule has 2 unspecified atom stereocenters. The molecule has 41 heavy (non-hydrogen) atoms. The summed E-state index contributed by atoms with van der Waals surface area (Å²) in [6.45, 7) is 1.43. The number of alkyl carbamates (subject to hydrolysis) is 1. The molecule has 2 amide bonds. The SMILES string of the molecule is CN(Cc1ccccc1)CC(NC(=O)OCC1c2ccccc2-c2ccccc21)C(=O)N1CCOCC(C(=O)O)C1. The zero-order chi connectivity index (χ0) is 28.8. The van der Waals surface area contributed by atoms with E-state index >= 15 is 0 Å². The number of carbonyl (C=O) groups excluding carboxylic acids is 2. The van der Waals surface area contributed by atoms with Crippen LogP contribution in [0.4, 0.5) is 4.79 Å². The molecule has 1 fully saturated rings. The molecular formula is C32H35N3O6. The Labute approximate surface area is 239 Å². The molecule has 0 aromatic heterocycles. The number of hydrogen-bond donors (Lipinski definition) is 2. The van der Waals surface area contributed by atoms with Crippen LogP contribution in [0.5, 0.6) is 0 Å². The highest BCUT2D eigenvalue weighted by Gasteiger charge is 2.34. The molecule has 0 saturated carbocycles. The quantitative estimate of drug-likeness (QED) is 0.414. The summed E-state index contributed by atoms with van der Waals surface area (Å²) in [5, 5.41) is 12.3. The third kappa shape index (κ3) is 6.75. The van der Waals surface area contributed by atoms with Gasteiger partial charge in [-0.15, -0.1) is 0 Å². The van der Waals surface area contributed by atoms with Crippen LogP contribution in [-0.4, -0.2) is 85.4 Å². The Balaban J connectivity index is 1.29. The molecule has 5 rings (SSSR count). The Morgan fingerprint density at radius 2 is 1.63 bits per heavy atom. The maximum Gasteiger partial charge on any atom is 0.407 e. The fourth-order valence-electron chi connectivity index (χ4n) is 5.62. The van der Waals surface area contributed by atoms with Crippen LogP contribution in [0.2, 0.25) is 0 Å². The molecule has 3 aromatic carbocycles. The van der Waals surface area contributed by atoms with Gasteiger partial charge in [0.15, 0.2) is 0 Å². The summed E-state index contributed by atoms with van der Waals surface area (Å²) in [6, 6.07) is 25.1. The lowest BCUT2D eigenvalue weighted by Crippen LogP contribution is -2.54. The van der Waals surface area contributed by atoms with Crippen molar-refractivity contribution in [2.24, 2.45) is 5.92 Å². The number of benzene rings is 3. The first-order valence-electron chi connectivity index (χ1n) is 13.8. The number of nitrogens with one attached hydrogen (secondary N) is 1. The van der Waals surface area contributed by atoms with E-state index in [1.54, 1.807) is 0 Å². The van der Waals surface area contributed by atoms with Crippen LogP contribution in [0.15, 0.2) is 78.9 Å². The van der Waals surface area contributed by atoms with Crippen LogP contribution < -0.4 is 5.32 Å². The first kappa shape index (κ1) is 28.3. The Kier molecular flexibility index (Phi) is 8.96. The van der Waals surface area contributed by atoms with Gasteiger partial charge in [-0.2, -0.15) is 0 Å². The van der Waals surface area contributed by atoms with Crippen molar-refractivity contribution in [3.8, 4) is 11.1 Å². The molecule has 0 radical (unpaired) electrons. The van der Waals surface area contributed by atoms with E-state index in [9.17, 15) is 19.5 Å². The number of carbonyl (C=O) groups is 3. The van der Waals surface area contributed by atoms with Crippen LogP contribution in [-0.2, 0) is 25.6 Å². The first-order valence-corrected chi connectivity index (χ1v) is 13.8. The zero-order valence-electron chi connectivity index (χ0n) is 23.1. The molecule has 9 nitrogen and oxygen atoms in total. The average molecular weight is 558 g/mol. The number of fused-ring (bicyclic) bond motifs is 3. The lowest BCUT2D eigenvalue weighted by molar-refractivity contribution is -0.144. The Bertz CT molecular complexity index is 1340. The maximum absolute atomic E-state index is 13.7. The normalized spacial score (nSPS) is 17.3. The number of ether oxygens (including phenoxy) is 2. The summed E-state index contributed by atoms with van der Waals surface area (Å²) in [5.74, 6) is -2.33. The van der Waals surface area contributed by atoms with Gasteiger partial charge in [-0.1, -0.05) is 78.9 Å². The molecule has 0 spiro atoms. The third-order valence-electron chi connectivity index (χ3n) is 7.65. The molecule has 2 aliphatic rings. The van der Waals surface area contributed by atoms with E-state index in [-0.39, 0.29) is 51.3 Å². The van der Waals surface area contributed by atoms with E-state index < -0.39 is 24.0 Å². The Morgan fingerprint density at radius 3 is 2.29 bits per heavy atom. The summed E-state index contributed by atoms with van der Waals surface area (Å²) in [4.78, 5) is 42.0. The number of carboxylic acid groups (broad SMARTS) is 1. The molecule has 214 valence electrons. The van der Waals surface area contributed by atoms with E-state index in [4.69, 9.17) is 9.47 Å². The van der Waals surface area contributed by atoms with Gasteiger partial charge in [0.2, 0.25) is 5.91 Å². The standard InChI is InChI=1S/C32H35N3O6/c1-34(17-22-9-3-2-4-10-22)19-29(30(36)35-15-16-40-20-23(18-35)31(37)38)33-32(39)41-21-28-26-13-7-5-11-24(26)25-12-6-8-14-27(25)28/h2-14,23,28-29H,15-21H2,1H3,(H,33,39)(H,37,38). The van der Waals surface area contributed by atoms with Crippen molar-refractivity contribution < 1.29 is 29.0 Å². The third-order valence-corrected chi connectivity index (χ3v) is 7.65. The van der Waals surface area contributed by atoms with Gasteiger partial charge in [0.25, 0.3) is 0 Å². The van der Waals surface area contributed by atoms with Crippen LogP contribution in [0, 0.1) is 5.92 Å². The van der Waals surface area contributed by atoms with E-state index in [2.05, 4.69) is 17.4 Å². The van der Waals surface area contributed by atoms with Crippen molar-refractivity contribution >= 4 is 18.0 Å². The van der Waals surface area contributed by atoms with E-state index in [1.807, 2.05) is 78.7 Å². The number of carboxylic acids is 1. The fraction of sp³-hybridized carbons (Fsp3) is 0.344. The largest absolute Gasteiger partial charge is 0.481 e. The molecular weight excluding hydrogens is 522 g/mol. The van der Waals surface area contributed by atoms with Crippen molar-refractivity contribution in [1.29, 1.82) is 0 Å². The number of hydrogen-bond acceptors (Lipinski definition) is 6. The average Bonchev–Trinajstić information content (AvgIpc) is 3.10. The molecule has 1 heterocycles. The Hall–Kier alpha value is -4.21. The summed E-state index contributed by atoms with van der Waals surface area (Å²) in [5.41, 5.74) is 5.52. The lowest BCUT2D eigenvalue weighted by Gasteiger charge is -2.30. The second-order valence-corrected chi connectivity index (χ2v) is 10.6. The molecule has 1 aliphatic heterocycles. The topological polar surface area (TPSA) is 108 Å². The summed E-state index contributed by atoms with van der Waals surface area (Å²) in [6.07, 6.45) is -0.695. The van der Waals surface area contributed by atoms with Crippen LogP contribution in [0.25, 0.3) is 11.1 Å². The van der Waals surface area contributed by atoms with Crippen molar-refractivity contribution in [2.45, 2.75) is 18.5 Å². The minimum absolute atomic E-state index is 0.0133. The molecule has 9 heteroatoms. The molecule has 3 aromatic rings. The van der Waals surface area contributed by atoms with Crippen molar-refractivity contribution in [2.75, 3.05) is 46.5 Å². The molecule has 0 bridgehead atoms. The number of amides is 2. The summed E-state index contributed by atoms with van der Waals surface area (Å²) < 4.78 is 11.2. The van der Waals surface area contributed by atoms with Crippen molar-refractivity contribution in [3.63, 3.8) is 0 Å². The first-order chi connectivity index (χ1) is 19.9. The monoisotopic (exact) mass is 557 g/mol.